The van der Waals surface area contributed by atoms with Gasteiger partial charge in [0.15, 0.2) is 6.61 Å². The van der Waals surface area contributed by atoms with Crippen LogP contribution in [0.25, 0.3) is 0 Å². The molecule has 8 heteroatoms. The summed E-state index contributed by atoms with van der Waals surface area (Å²) in [6.07, 6.45) is 4.55. The zero-order valence-electron chi connectivity index (χ0n) is 15.9. The fourth-order valence-electron chi connectivity index (χ4n) is 3.70. The number of nitrogens with zero attached hydrogens (tertiary/aromatic N) is 1. The SMILES string of the molecule is O=C(Nc1cccc(OCC(=O)N2CCCC2)c1)NC1CCC(C(=O)O)CC1. The van der Waals surface area contributed by atoms with Crippen LogP contribution in [-0.4, -0.2) is 53.7 Å². The Kier molecular flexibility index (Phi) is 6.73. The number of aliphatic carboxylic acids is 1. The van der Waals surface area contributed by atoms with Crippen molar-refractivity contribution in [2.45, 2.75) is 44.6 Å². The molecule has 3 N–H and O–H groups in total. The molecule has 0 aromatic heterocycles. The number of benzene rings is 1. The highest BCUT2D eigenvalue weighted by molar-refractivity contribution is 5.89. The highest BCUT2D eigenvalue weighted by Crippen LogP contribution is 2.24. The van der Waals surface area contributed by atoms with Crippen molar-refractivity contribution in [3.05, 3.63) is 24.3 Å². The lowest BCUT2D eigenvalue weighted by molar-refractivity contribution is -0.142. The molecular formula is C20H27N3O5. The first kappa shape index (κ1) is 20.0. The van der Waals surface area contributed by atoms with Crippen molar-refractivity contribution in [3.63, 3.8) is 0 Å². The summed E-state index contributed by atoms with van der Waals surface area (Å²) in [6, 6.07) is 6.57. The Morgan fingerprint density at radius 2 is 1.82 bits per heavy atom. The molecule has 1 aromatic carbocycles. The van der Waals surface area contributed by atoms with E-state index >= 15 is 0 Å². The van der Waals surface area contributed by atoms with Crippen LogP contribution in [0.5, 0.6) is 5.75 Å². The first-order valence-corrected chi connectivity index (χ1v) is 9.82. The van der Waals surface area contributed by atoms with Gasteiger partial charge in [0.1, 0.15) is 5.75 Å². The van der Waals surface area contributed by atoms with E-state index in [2.05, 4.69) is 10.6 Å². The topological polar surface area (TPSA) is 108 Å². The van der Waals surface area contributed by atoms with Gasteiger partial charge < -0.3 is 25.4 Å². The van der Waals surface area contributed by atoms with E-state index < -0.39 is 5.97 Å². The molecule has 2 aliphatic rings. The second-order valence-electron chi connectivity index (χ2n) is 7.39. The fourth-order valence-corrected chi connectivity index (χ4v) is 3.70. The highest BCUT2D eigenvalue weighted by Gasteiger charge is 2.26. The van der Waals surface area contributed by atoms with E-state index in [1.807, 2.05) is 0 Å². The molecule has 0 bridgehead atoms. The molecular weight excluding hydrogens is 362 g/mol. The normalized spacial score (nSPS) is 21.8. The van der Waals surface area contributed by atoms with Crippen molar-refractivity contribution < 1.29 is 24.2 Å². The van der Waals surface area contributed by atoms with E-state index in [1.165, 1.54) is 0 Å². The third-order valence-electron chi connectivity index (χ3n) is 5.32. The van der Waals surface area contributed by atoms with Gasteiger partial charge in [0.25, 0.3) is 5.91 Å². The molecule has 3 rings (SSSR count). The van der Waals surface area contributed by atoms with Crippen LogP contribution in [0.4, 0.5) is 10.5 Å². The third-order valence-corrected chi connectivity index (χ3v) is 5.32. The molecule has 0 unspecified atom stereocenters. The predicted octanol–water partition coefficient (Wildman–Crippen LogP) is 2.45. The van der Waals surface area contributed by atoms with Crippen molar-refractivity contribution in [2.75, 3.05) is 25.0 Å². The largest absolute Gasteiger partial charge is 0.484 e. The standard InChI is InChI=1S/C20H27N3O5/c24-18(23-10-1-2-11-23)13-28-17-5-3-4-16(12-17)22-20(27)21-15-8-6-14(7-9-15)19(25)26/h3-5,12,14-15H,1-2,6-11,13H2,(H,25,26)(H2,21,22,27). The second kappa shape index (κ2) is 9.43. The minimum absolute atomic E-state index is 0.0114. The number of ether oxygens (including phenoxy) is 1. The van der Waals surface area contributed by atoms with Crippen LogP contribution in [0, 0.1) is 5.92 Å². The first-order chi connectivity index (χ1) is 13.5. The van der Waals surface area contributed by atoms with Crippen LogP contribution in [0.15, 0.2) is 24.3 Å². The number of urea groups is 1. The molecule has 28 heavy (non-hydrogen) atoms. The van der Waals surface area contributed by atoms with Crippen molar-refractivity contribution in [1.29, 1.82) is 0 Å². The second-order valence-corrected chi connectivity index (χ2v) is 7.39. The summed E-state index contributed by atoms with van der Waals surface area (Å²) in [5, 5.41) is 14.7. The lowest BCUT2D eigenvalue weighted by Crippen LogP contribution is -2.40. The average Bonchev–Trinajstić information content (AvgIpc) is 3.21. The van der Waals surface area contributed by atoms with Crippen molar-refractivity contribution in [3.8, 4) is 5.75 Å². The molecule has 152 valence electrons. The summed E-state index contributed by atoms with van der Waals surface area (Å²) in [5.74, 6) is -0.570. The monoisotopic (exact) mass is 389 g/mol. The number of amides is 3. The molecule has 1 saturated heterocycles. The Hall–Kier alpha value is -2.77. The van der Waals surface area contributed by atoms with Gasteiger partial charge in [0.2, 0.25) is 0 Å². The van der Waals surface area contributed by atoms with Gasteiger partial charge in [-0.2, -0.15) is 0 Å². The molecule has 0 spiro atoms. The van der Waals surface area contributed by atoms with E-state index in [9.17, 15) is 14.4 Å². The van der Waals surface area contributed by atoms with Crippen molar-refractivity contribution in [1.82, 2.24) is 10.2 Å². The van der Waals surface area contributed by atoms with Crippen LogP contribution in [0.1, 0.15) is 38.5 Å². The van der Waals surface area contributed by atoms with Gasteiger partial charge in [-0.15, -0.1) is 0 Å². The number of likely N-dealkylation sites (tertiary alicyclic amines) is 1. The zero-order valence-corrected chi connectivity index (χ0v) is 15.9. The van der Waals surface area contributed by atoms with Gasteiger partial charge in [-0.3, -0.25) is 9.59 Å². The number of carboxylic acids is 1. The maximum Gasteiger partial charge on any atom is 0.319 e. The Bertz CT molecular complexity index is 710. The third kappa shape index (κ3) is 5.61. The zero-order chi connectivity index (χ0) is 19.9. The Balaban J connectivity index is 1.44. The molecule has 1 aromatic rings. The Labute approximate surface area is 164 Å². The maximum atomic E-state index is 12.2. The van der Waals surface area contributed by atoms with E-state index in [0.717, 1.165) is 25.9 Å². The van der Waals surface area contributed by atoms with Crippen LogP contribution in [-0.2, 0) is 9.59 Å². The van der Waals surface area contributed by atoms with Crippen LogP contribution in [0.3, 0.4) is 0 Å². The number of anilines is 1. The number of nitrogens with one attached hydrogen (secondary N) is 2. The van der Waals surface area contributed by atoms with Crippen LogP contribution in [0.2, 0.25) is 0 Å². The fraction of sp³-hybridized carbons (Fsp3) is 0.550. The summed E-state index contributed by atoms with van der Waals surface area (Å²) in [7, 11) is 0. The van der Waals surface area contributed by atoms with Gasteiger partial charge >= 0.3 is 12.0 Å². The first-order valence-electron chi connectivity index (χ1n) is 9.82. The van der Waals surface area contributed by atoms with Gasteiger partial charge in [0, 0.05) is 30.9 Å². The quantitative estimate of drug-likeness (QED) is 0.693. The van der Waals surface area contributed by atoms with Crippen LogP contribution < -0.4 is 15.4 Å². The lowest BCUT2D eigenvalue weighted by Gasteiger charge is -2.26. The van der Waals surface area contributed by atoms with E-state index in [1.54, 1.807) is 29.2 Å². The molecule has 1 saturated carbocycles. The predicted molar refractivity (Wildman–Crippen MR) is 103 cm³/mol. The molecule has 1 aliphatic heterocycles. The van der Waals surface area contributed by atoms with Crippen LogP contribution >= 0.6 is 0 Å². The summed E-state index contributed by atoms with van der Waals surface area (Å²) >= 11 is 0. The number of hydrogen-bond acceptors (Lipinski definition) is 4. The van der Waals surface area contributed by atoms with Gasteiger partial charge in [0.05, 0.1) is 5.92 Å². The van der Waals surface area contributed by atoms with Gasteiger partial charge in [-0.25, -0.2) is 4.79 Å². The van der Waals surface area contributed by atoms with Crippen molar-refractivity contribution >= 4 is 23.6 Å². The molecule has 1 aliphatic carbocycles. The maximum absolute atomic E-state index is 12.2. The molecule has 0 atom stereocenters. The number of carbonyl (C=O) groups is 3. The summed E-state index contributed by atoms with van der Waals surface area (Å²) in [5.41, 5.74) is 0.572. The number of carboxylic acid groups (broad SMARTS) is 1. The lowest BCUT2D eigenvalue weighted by atomic mass is 9.86. The number of hydrogen-bond donors (Lipinski definition) is 3. The minimum Gasteiger partial charge on any atom is -0.484 e. The molecule has 1 heterocycles. The molecule has 3 amide bonds. The van der Waals surface area contributed by atoms with E-state index in [4.69, 9.17) is 9.84 Å². The minimum atomic E-state index is -0.761. The molecule has 8 nitrogen and oxygen atoms in total. The number of rotatable bonds is 6. The summed E-state index contributed by atoms with van der Waals surface area (Å²) < 4.78 is 5.57. The van der Waals surface area contributed by atoms with Gasteiger partial charge in [-0.05, 0) is 50.7 Å². The smallest absolute Gasteiger partial charge is 0.319 e. The Morgan fingerprint density at radius 1 is 1.11 bits per heavy atom. The average molecular weight is 389 g/mol. The van der Waals surface area contributed by atoms with E-state index in [0.29, 0.717) is 37.1 Å². The summed E-state index contributed by atoms with van der Waals surface area (Å²) in [4.78, 5) is 37.1. The summed E-state index contributed by atoms with van der Waals surface area (Å²) in [6.45, 7) is 1.57. The van der Waals surface area contributed by atoms with Gasteiger partial charge in [-0.1, -0.05) is 6.07 Å². The Morgan fingerprint density at radius 3 is 2.50 bits per heavy atom. The number of carbonyl (C=O) groups excluding carboxylic acids is 2. The molecule has 0 radical (unpaired) electrons. The van der Waals surface area contributed by atoms with Crippen molar-refractivity contribution in [2.24, 2.45) is 5.92 Å². The van der Waals surface area contributed by atoms with E-state index in [-0.39, 0.29) is 30.5 Å². The highest BCUT2D eigenvalue weighted by atomic mass is 16.5. The molecule has 2 fully saturated rings.